The molecule has 1 saturated carbocycles. The van der Waals surface area contributed by atoms with Gasteiger partial charge in [-0.2, -0.15) is 0 Å². The van der Waals surface area contributed by atoms with Crippen molar-refractivity contribution < 1.29 is 4.74 Å². The van der Waals surface area contributed by atoms with Gasteiger partial charge < -0.3 is 20.3 Å². The Bertz CT molecular complexity index is 374. The first-order valence-corrected chi connectivity index (χ1v) is 9.49. The summed E-state index contributed by atoms with van der Waals surface area (Å²) in [6, 6.07) is 0. The molecule has 0 amide bonds. The van der Waals surface area contributed by atoms with Crippen LogP contribution in [0, 0.1) is 10.8 Å². The zero-order valence-corrected chi connectivity index (χ0v) is 16.9. The van der Waals surface area contributed by atoms with E-state index in [1.807, 2.05) is 7.05 Å². The molecule has 0 aromatic rings. The Hall–Kier alpha value is -0.810. The van der Waals surface area contributed by atoms with Crippen LogP contribution in [0.3, 0.4) is 0 Å². The highest BCUT2D eigenvalue weighted by molar-refractivity contribution is 5.79. The summed E-state index contributed by atoms with van der Waals surface area (Å²) >= 11 is 0. The second-order valence-corrected chi connectivity index (χ2v) is 8.34. The van der Waals surface area contributed by atoms with E-state index in [0.29, 0.717) is 5.41 Å². The summed E-state index contributed by atoms with van der Waals surface area (Å²) in [4.78, 5) is 6.64. The fourth-order valence-electron chi connectivity index (χ4n) is 3.80. The third-order valence-electron chi connectivity index (χ3n) is 4.98. The Morgan fingerprint density at radius 1 is 1.21 bits per heavy atom. The minimum absolute atomic E-state index is 0.209. The van der Waals surface area contributed by atoms with Crippen molar-refractivity contribution in [1.82, 2.24) is 15.5 Å². The Kier molecular flexibility index (Phi) is 9.06. The van der Waals surface area contributed by atoms with Gasteiger partial charge in [-0.3, -0.25) is 4.99 Å². The number of aliphatic imine (C=N–C) groups is 1. The summed E-state index contributed by atoms with van der Waals surface area (Å²) in [6.07, 6.45) is 6.44. The zero-order chi connectivity index (χ0) is 18.1. The second kappa shape index (κ2) is 10.2. The predicted octanol–water partition coefficient (Wildman–Crippen LogP) is 2.73. The fourth-order valence-corrected chi connectivity index (χ4v) is 3.80. The highest BCUT2D eigenvalue weighted by atomic mass is 16.5. The van der Waals surface area contributed by atoms with E-state index in [2.05, 4.69) is 55.4 Å². The Labute approximate surface area is 149 Å². The molecule has 24 heavy (non-hydrogen) atoms. The lowest BCUT2D eigenvalue weighted by atomic mass is 9.83. The van der Waals surface area contributed by atoms with E-state index < -0.39 is 0 Å². The van der Waals surface area contributed by atoms with E-state index >= 15 is 0 Å². The van der Waals surface area contributed by atoms with Crippen LogP contribution in [0.4, 0.5) is 0 Å². The Morgan fingerprint density at radius 2 is 1.88 bits per heavy atom. The number of nitrogens with one attached hydrogen (secondary N) is 2. The van der Waals surface area contributed by atoms with Gasteiger partial charge in [-0.25, -0.2) is 0 Å². The first-order chi connectivity index (χ1) is 11.3. The van der Waals surface area contributed by atoms with Crippen molar-refractivity contribution in [2.24, 2.45) is 15.8 Å². The third kappa shape index (κ3) is 7.84. The largest absolute Gasteiger partial charge is 0.382 e. The molecule has 0 unspecified atom stereocenters. The molecule has 0 aromatic heterocycles. The van der Waals surface area contributed by atoms with Gasteiger partial charge in [0.2, 0.25) is 0 Å². The Balaban J connectivity index is 2.46. The normalized spacial score (nSPS) is 18.2. The first-order valence-electron chi connectivity index (χ1n) is 9.49. The molecule has 0 aromatic carbocycles. The summed E-state index contributed by atoms with van der Waals surface area (Å²) < 4.78 is 5.60. The van der Waals surface area contributed by atoms with E-state index in [4.69, 9.17) is 4.74 Å². The molecule has 0 saturated heterocycles. The molecule has 1 aliphatic rings. The lowest BCUT2D eigenvalue weighted by Gasteiger charge is -2.32. The van der Waals surface area contributed by atoms with Crippen LogP contribution in [-0.4, -0.2) is 64.9 Å². The monoisotopic (exact) mass is 340 g/mol. The van der Waals surface area contributed by atoms with Crippen LogP contribution >= 0.6 is 0 Å². The molecular weight excluding hydrogens is 300 g/mol. The van der Waals surface area contributed by atoms with Crippen molar-refractivity contribution in [2.75, 3.05) is 54.0 Å². The van der Waals surface area contributed by atoms with E-state index in [9.17, 15) is 0 Å². The summed E-state index contributed by atoms with van der Waals surface area (Å²) in [5, 5.41) is 7.08. The number of ether oxygens (including phenoxy) is 1. The quantitative estimate of drug-likeness (QED) is 0.365. The third-order valence-corrected chi connectivity index (χ3v) is 4.98. The molecule has 142 valence electrons. The number of hydrogen-bond acceptors (Lipinski definition) is 3. The predicted molar refractivity (Wildman–Crippen MR) is 104 cm³/mol. The van der Waals surface area contributed by atoms with Gasteiger partial charge in [0.05, 0.1) is 0 Å². The van der Waals surface area contributed by atoms with Gasteiger partial charge in [-0.1, -0.05) is 26.7 Å². The maximum Gasteiger partial charge on any atom is 0.191 e. The first kappa shape index (κ1) is 21.2. The summed E-state index contributed by atoms with van der Waals surface area (Å²) in [5.74, 6) is 0.921. The Morgan fingerprint density at radius 3 is 2.42 bits per heavy atom. The van der Waals surface area contributed by atoms with Gasteiger partial charge in [-0.05, 0) is 51.1 Å². The second-order valence-electron chi connectivity index (χ2n) is 8.34. The van der Waals surface area contributed by atoms with Crippen molar-refractivity contribution in [3.8, 4) is 0 Å². The number of rotatable bonds is 10. The molecule has 0 bridgehead atoms. The molecule has 0 aliphatic heterocycles. The lowest BCUT2D eigenvalue weighted by molar-refractivity contribution is 0.105. The highest BCUT2D eigenvalue weighted by Crippen LogP contribution is 2.40. The average Bonchev–Trinajstić information content (AvgIpc) is 2.95. The van der Waals surface area contributed by atoms with E-state index in [1.54, 1.807) is 0 Å². The maximum atomic E-state index is 5.60. The lowest BCUT2D eigenvalue weighted by Crippen LogP contribution is -2.47. The molecule has 1 fully saturated rings. The van der Waals surface area contributed by atoms with Crippen molar-refractivity contribution in [1.29, 1.82) is 0 Å². The maximum absolute atomic E-state index is 5.60. The number of nitrogens with zero attached hydrogens (tertiary/aromatic N) is 2. The molecule has 2 N–H and O–H groups in total. The SMILES string of the molecule is CCOCCC1(CNC(=NC)NCC(C)(C)CN(C)C)CCCC1. The van der Waals surface area contributed by atoms with Crippen LogP contribution in [0.1, 0.15) is 52.9 Å². The smallest absolute Gasteiger partial charge is 0.191 e. The highest BCUT2D eigenvalue weighted by Gasteiger charge is 2.33. The standard InChI is InChI=1S/C19H40N4O/c1-7-24-13-12-19(10-8-9-11-19)15-22-17(20-4)21-14-18(2,3)16-23(5)6/h7-16H2,1-6H3,(H2,20,21,22). The van der Waals surface area contributed by atoms with Crippen molar-refractivity contribution in [3.63, 3.8) is 0 Å². The van der Waals surface area contributed by atoms with Gasteiger partial charge in [0.25, 0.3) is 0 Å². The molecule has 0 spiro atoms. The van der Waals surface area contributed by atoms with Crippen LogP contribution < -0.4 is 10.6 Å². The molecule has 1 rings (SSSR count). The van der Waals surface area contributed by atoms with Crippen molar-refractivity contribution in [2.45, 2.75) is 52.9 Å². The van der Waals surface area contributed by atoms with E-state index in [0.717, 1.165) is 45.2 Å². The molecule has 5 nitrogen and oxygen atoms in total. The van der Waals surface area contributed by atoms with E-state index in [-0.39, 0.29) is 5.41 Å². The van der Waals surface area contributed by atoms with Crippen molar-refractivity contribution in [3.05, 3.63) is 0 Å². The molecule has 0 heterocycles. The molecule has 0 atom stereocenters. The van der Waals surface area contributed by atoms with Crippen LogP contribution in [-0.2, 0) is 4.74 Å². The number of hydrogen-bond donors (Lipinski definition) is 2. The zero-order valence-electron chi connectivity index (χ0n) is 16.9. The number of guanidine groups is 1. The fraction of sp³-hybridized carbons (Fsp3) is 0.947. The van der Waals surface area contributed by atoms with Gasteiger partial charge in [0, 0.05) is 39.9 Å². The van der Waals surface area contributed by atoms with Crippen LogP contribution in [0.2, 0.25) is 0 Å². The van der Waals surface area contributed by atoms with Gasteiger partial charge >= 0.3 is 0 Å². The van der Waals surface area contributed by atoms with Crippen LogP contribution in [0.15, 0.2) is 4.99 Å². The van der Waals surface area contributed by atoms with Gasteiger partial charge in [0.1, 0.15) is 0 Å². The molecule has 0 radical (unpaired) electrons. The van der Waals surface area contributed by atoms with Gasteiger partial charge in [0.15, 0.2) is 5.96 Å². The minimum atomic E-state index is 0.209. The topological polar surface area (TPSA) is 48.9 Å². The van der Waals surface area contributed by atoms with E-state index in [1.165, 1.54) is 25.7 Å². The summed E-state index contributed by atoms with van der Waals surface area (Å²) in [7, 11) is 6.10. The molecule has 1 aliphatic carbocycles. The average molecular weight is 341 g/mol. The summed E-state index contributed by atoms with van der Waals surface area (Å²) in [5.41, 5.74) is 0.590. The summed E-state index contributed by atoms with van der Waals surface area (Å²) in [6.45, 7) is 11.3. The molecular formula is C19H40N4O. The van der Waals surface area contributed by atoms with Crippen molar-refractivity contribution >= 4 is 5.96 Å². The molecule has 5 heteroatoms. The van der Waals surface area contributed by atoms with Crippen LogP contribution in [0.25, 0.3) is 0 Å². The minimum Gasteiger partial charge on any atom is -0.382 e. The van der Waals surface area contributed by atoms with Crippen LogP contribution in [0.5, 0.6) is 0 Å². The van der Waals surface area contributed by atoms with Gasteiger partial charge in [-0.15, -0.1) is 0 Å².